The van der Waals surface area contributed by atoms with Gasteiger partial charge in [0.1, 0.15) is 0 Å². The average Bonchev–Trinajstić information content (AvgIpc) is 2.98. The number of aromatic amines is 1. The Kier molecular flexibility index (Phi) is 2.67. The lowest BCUT2D eigenvalue weighted by Crippen LogP contribution is -1.99. The standard InChI is InChI=1S/C11H9BrN6/c1-7-10(6-13-14-7)11-15-16-17-18(11)9-4-2-8(12)3-5-9/h2-6H,1H3,(H,13,14). The summed E-state index contributed by atoms with van der Waals surface area (Å²) >= 11 is 3.40. The molecule has 7 heteroatoms. The van der Waals surface area contributed by atoms with Crippen molar-refractivity contribution in [3.63, 3.8) is 0 Å². The molecular formula is C11H9BrN6. The van der Waals surface area contributed by atoms with Gasteiger partial charge in [-0.25, -0.2) is 0 Å². The maximum Gasteiger partial charge on any atom is 0.190 e. The smallest absolute Gasteiger partial charge is 0.190 e. The van der Waals surface area contributed by atoms with E-state index in [0.29, 0.717) is 5.82 Å². The molecule has 0 atom stereocenters. The zero-order chi connectivity index (χ0) is 12.5. The van der Waals surface area contributed by atoms with Gasteiger partial charge in [0.15, 0.2) is 5.82 Å². The first-order chi connectivity index (χ1) is 8.75. The number of hydrogen-bond donors (Lipinski definition) is 1. The molecule has 18 heavy (non-hydrogen) atoms. The summed E-state index contributed by atoms with van der Waals surface area (Å²) in [5.41, 5.74) is 2.73. The van der Waals surface area contributed by atoms with E-state index in [4.69, 9.17) is 0 Å². The zero-order valence-corrected chi connectivity index (χ0v) is 11.1. The highest BCUT2D eigenvalue weighted by atomic mass is 79.9. The first-order valence-corrected chi connectivity index (χ1v) is 6.09. The van der Waals surface area contributed by atoms with E-state index in [-0.39, 0.29) is 0 Å². The second kappa shape index (κ2) is 4.34. The lowest BCUT2D eigenvalue weighted by atomic mass is 10.2. The molecule has 0 aliphatic heterocycles. The van der Waals surface area contributed by atoms with Gasteiger partial charge >= 0.3 is 0 Å². The van der Waals surface area contributed by atoms with E-state index in [1.54, 1.807) is 10.9 Å². The van der Waals surface area contributed by atoms with Crippen molar-refractivity contribution >= 4 is 15.9 Å². The number of benzene rings is 1. The maximum absolute atomic E-state index is 4.05. The van der Waals surface area contributed by atoms with Crippen molar-refractivity contribution in [1.29, 1.82) is 0 Å². The second-order valence-corrected chi connectivity index (χ2v) is 4.72. The van der Waals surface area contributed by atoms with Crippen LogP contribution >= 0.6 is 15.9 Å². The summed E-state index contributed by atoms with van der Waals surface area (Å²) < 4.78 is 2.70. The number of nitrogens with one attached hydrogen (secondary N) is 1. The largest absolute Gasteiger partial charge is 0.282 e. The molecule has 3 aromatic rings. The third-order valence-corrected chi connectivity index (χ3v) is 3.14. The number of tetrazole rings is 1. The first kappa shape index (κ1) is 11.1. The van der Waals surface area contributed by atoms with Crippen molar-refractivity contribution in [2.24, 2.45) is 0 Å². The van der Waals surface area contributed by atoms with Crippen LogP contribution in [0.3, 0.4) is 0 Å². The van der Waals surface area contributed by atoms with E-state index in [0.717, 1.165) is 21.4 Å². The molecule has 1 aromatic carbocycles. The number of hydrogen-bond acceptors (Lipinski definition) is 4. The highest BCUT2D eigenvalue weighted by Gasteiger charge is 2.13. The van der Waals surface area contributed by atoms with Crippen LogP contribution in [0.4, 0.5) is 0 Å². The fraction of sp³-hybridized carbons (Fsp3) is 0.0909. The molecule has 0 amide bonds. The Morgan fingerprint density at radius 2 is 2.00 bits per heavy atom. The molecule has 90 valence electrons. The van der Waals surface area contributed by atoms with E-state index in [1.807, 2.05) is 31.2 Å². The summed E-state index contributed by atoms with van der Waals surface area (Å²) in [7, 11) is 0. The van der Waals surface area contributed by atoms with Gasteiger partial charge in [-0.05, 0) is 41.6 Å². The van der Waals surface area contributed by atoms with Gasteiger partial charge in [0, 0.05) is 10.2 Å². The first-order valence-electron chi connectivity index (χ1n) is 5.30. The number of aryl methyl sites for hydroxylation is 1. The lowest BCUT2D eigenvalue weighted by molar-refractivity contribution is 0.791. The molecule has 0 aliphatic carbocycles. The minimum atomic E-state index is 0.670. The van der Waals surface area contributed by atoms with Crippen LogP contribution in [-0.4, -0.2) is 30.4 Å². The summed E-state index contributed by atoms with van der Waals surface area (Å²) in [6, 6.07) is 7.78. The molecule has 0 saturated carbocycles. The summed E-state index contributed by atoms with van der Waals surface area (Å²) in [4.78, 5) is 0. The molecule has 0 spiro atoms. The Morgan fingerprint density at radius 3 is 2.67 bits per heavy atom. The lowest BCUT2D eigenvalue weighted by Gasteiger charge is -2.03. The highest BCUT2D eigenvalue weighted by molar-refractivity contribution is 9.10. The molecule has 2 heterocycles. The van der Waals surface area contributed by atoms with E-state index >= 15 is 0 Å². The van der Waals surface area contributed by atoms with Crippen molar-refractivity contribution < 1.29 is 0 Å². The molecule has 0 saturated heterocycles. The fourth-order valence-corrected chi connectivity index (χ4v) is 1.95. The predicted molar refractivity (Wildman–Crippen MR) is 69.2 cm³/mol. The maximum atomic E-state index is 4.05. The van der Waals surface area contributed by atoms with Crippen molar-refractivity contribution in [2.75, 3.05) is 0 Å². The van der Waals surface area contributed by atoms with Gasteiger partial charge in [-0.15, -0.1) is 5.10 Å². The number of halogens is 1. The molecule has 1 N–H and O–H groups in total. The van der Waals surface area contributed by atoms with Gasteiger partial charge in [-0.3, -0.25) is 5.10 Å². The Balaban J connectivity index is 2.12. The molecule has 3 rings (SSSR count). The number of rotatable bonds is 2. The van der Waals surface area contributed by atoms with E-state index in [1.165, 1.54) is 0 Å². The van der Waals surface area contributed by atoms with Crippen LogP contribution in [0.1, 0.15) is 5.69 Å². The summed E-state index contributed by atoms with van der Waals surface area (Å²) in [6.45, 7) is 1.93. The molecule has 0 fully saturated rings. The van der Waals surface area contributed by atoms with Crippen LogP contribution in [0, 0.1) is 6.92 Å². The monoisotopic (exact) mass is 304 g/mol. The fourth-order valence-electron chi connectivity index (χ4n) is 1.69. The zero-order valence-electron chi connectivity index (χ0n) is 9.50. The van der Waals surface area contributed by atoms with Crippen LogP contribution in [0.25, 0.3) is 17.1 Å². The molecule has 0 bridgehead atoms. The molecule has 0 radical (unpaired) electrons. The van der Waals surface area contributed by atoms with Crippen molar-refractivity contribution in [1.82, 2.24) is 30.4 Å². The number of aromatic nitrogens is 6. The molecule has 0 aliphatic rings. The minimum absolute atomic E-state index is 0.670. The summed E-state index contributed by atoms with van der Waals surface area (Å²) in [6.07, 6.45) is 1.72. The van der Waals surface area contributed by atoms with E-state index < -0.39 is 0 Å². The van der Waals surface area contributed by atoms with Gasteiger partial charge in [0.25, 0.3) is 0 Å². The van der Waals surface area contributed by atoms with Crippen LogP contribution in [-0.2, 0) is 0 Å². The van der Waals surface area contributed by atoms with Gasteiger partial charge in [-0.2, -0.15) is 9.78 Å². The van der Waals surface area contributed by atoms with Gasteiger partial charge in [0.2, 0.25) is 0 Å². The average molecular weight is 305 g/mol. The van der Waals surface area contributed by atoms with Crippen molar-refractivity contribution in [3.8, 4) is 17.1 Å². The minimum Gasteiger partial charge on any atom is -0.282 e. The Labute approximate surface area is 111 Å². The Hall–Kier alpha value is -2.02. The number of H-pyrrole nitrogens is 1. The molecular weight excluding hydrogens is 296 g/mol. The Morgan fingerprint density at radius 1 is 1.22 bits per heavy atom. The predicted octanol–water partition coefficient (Wildman–Crippen LogP) is 2.12. The Bertz CT molecular complexity index is 669. The van der Waals surface area contributed by atoms with Crippen LogP contribution in [0.15, 0.2) is 34.9 Å². The van der Waals surface area contributed by atoms with E-state index in [2.05, 4.69) is 41.7 Å². The quantitative estimate of drug-likeness (QED) is 0.787. The molecule has 2 aromatic heterocycles. The van der Waals surface area contributed by atoms with Gasteiger partial charge < -0.3 is 0 Å². The summed E-state index contributed by atoms with van der Waals surface area (Å²) in [5, 5.41) is 18.7. The third kappa shape index (κ3) is 1.82. The SMILES string of the molecule is Cc1[nH]ncc1-c1nnnn1-c1ccc(Br)cc1. The topological polar surface area (TPSA) is 72.3 Å². The van der Waals surface area contributed by atoms with Crippen molar-refractivity contribution in [3.05, 3.63) is 40.6 Å². The molecule has 0 unspecified atom stereocenters. The van der Waals surface area contributed by atoms with Gasteiger partial charge in [-0.1, -0.05) is 15.9 Å². The van der Waals surface area contributed by atoms with Crippen LogP contribution in [0.2, 0.25) is 0 Å². The highest BCUT2D eigenvalue weighted by Crippen LogP contribution is 2.21. The normalized spacial score (nSPS) is 10.8. The third-order valence-electron chi connectivity index (χ3n) is 2.61. The van der Waals surface area contributed by atoms with Gasteiger partial charge in [0.05, 0.1) is 17.4 Å². The van der Waals surface area contributed by atoms with Crippen LogP contribution < -0.4 is 0 Å². The molecule has 6 nitrogen and oxygen atoms in total. The van der Waals surface area contributed by atoms with Crippen molar-refractivity contribution in [2.45, 2.75) is 6.92 Å². The second-order valence-electron chi connectivity index (χ2n) is 3.80. The van der Waals surface area contributed by atoms with Crippen LogP contribution in [0.5, 0.6) is 0 Å². The van der Waals surface area contributed by atoms with E-state index in [9.17, 15) is 0 Å². The number of nitrogens with zero attached hydrogens (tertiary/aromatic N) is 5. The summed E-state index contributed by atoms with van der Waals surface area (Å²) in [5.74, 6) is 0.670.